The van der Waals surface area contributed by atoms with Crippen LogP contribution in [0, 0.1) is 17.5 Å². The molecule has 0 fully saturated rings. The summed E-state index contributed by atoms with van der Waals surface area (Å²) < 4.78 is 39.4. The van der Waals surface area contributed by atoms with Crippen molar-refractivity contribution in [3.05, 3.63) is 65.5 Å². The second-order valence-corrected chi connectivity index (χ2v) is 4.53. The Hall–Kier alpha value is -2.54. The second kappa shape index (κ2) is 6.95. The third-order valence-corrected chi connectivity index (χ3v) is 2.84. The van der Waals surface area contributed by atoms with Crippen molar-refractivity contribution in [2.75, 3.05) is 11.9 Å². The van der Waals surface area contributed by atoms with E-state index in [0.717, 1.165) is 12.1 Å². The number of halogens is 3. The third-order valence-electron chi connectivity index (χ3n) is 2.84. The summed E-state index contributed by atoms with van der Waals surface area (Å²) in [6.45, 7) is -0.259. The summed E-state index contributed by atoms with van der Waals surface area (Å²) in [5, 5.41) is 14.3. The number of amides is 2. The summed E-state index contributed by atoms with van der Waals surface area (Å²) in [7, 11) is 0. The molecule has 0 saturated carbocycles. The maximum atomic E-state index is 13.4. The second-order valence-electron chi connectivity index (χ2n) is 4.53. The summed E-state index contributed by atoms with van der Waals surface area (Å²) in [6.07, 6.45) is -1.24. The number of anilines is 1. The van der Waals surface area contributed by atoms with Gasteiger partial charge in [0.15, 0.2) is 0 Å². The molecule has 2 aromatic carbocycles. The lowest BCUT2D eigenvalue weighted by molar-refractivity contribution is 0.170. The van der Waals surface area contributed by atoms with E-state index in [0.29, 0.717) is 6.07 Å². The fourth-order valence-electron chi connectivity index (χ4n) is 1.85. The van der Waals surface area contributed by atoms with Crippen molar-refractivity contribution in [3.63, 3.8) is 0 Å². The molecular weight excluding hydrogens is 297 g/mol. The van der Waals surface area contributed by atoms with Crippen LogP contribution in [0.1, 0.15) is 11.7 Å². The van der Waals surface area contributed by atoms with E-state index in [1.807, 2.05) is 0 Å². The van der Waals surface area contributed by atoms with Crippen molar-refractivity contribution in [2.45, 2.75) is 6.10 Å². The number of urea groups is 1. The number of benzene rings is 2. The Balaban J connectivity index is 1.91. The highest BCUT2D eigenvalue weighted by molar-refractivity contribution is 5.89. The zero-order valence-corrected chi connectivity index (χ0v) is 11.3. The van der Waals surface area contributed by atoms with Gasteiger partial charge in [-0.2, -0.15) is 0 Å². The van der Waals surface area contributed by atoms with Gasteiger partial charge in [-0.3, -0.25) is 0 Å². The van der Waals surface area contributed by atoms with Crippen LogP contribution >= 0.6 is 0 Å². The van der Waals surface area contributed by atoms with E-state index in [4.69, 9.17) is 0 Å². The fraction of sp³-hybridized carbons (Fsp3) is 0.133. The lowest BCUT2D eigenvalue weighted by atomic mass is 10.1. The summed E-state index contributed by atoms with van der Waals surface area (Å²) in [6, 6.07) is 7.38. The van der Waals surface area contributed by atoms with E-state index in [2.05, 4.69) is 10.6 Å². The first-order chi connectivity index (χ1) is 10.5. The van der Waals surface area contributed by atoms with Crippen LogP contribution in [0.2, 0.25) is 0 Å². The molecule has 0 heterocycles. The van der Waals surface area contributed by atoms with E-state index in [1.165, 1.54) is 18.2 Å². The molecule has 3 N–H and O–H groups in total. The highest BCUT2D eigenvalue weighted by Crippen LogP contribution is 2.16. The Labute approximate surface area is 124 Å². The number of carbonyl (C=O) groups is 1. The third kappa shape index (κ3) is 4.23. The standard InChI is InChI=1S/C15H13F3N2O2/c16-9-5-10(17)7-11(6-9)20-15(22)19-8-14(21)12-3-1-2-4-13(12)18/h1-7,14,21H,8H2,(H2,19,20,22)/t14-/m1/s1. The average Bonchev–Trinajstić information content (AvgIpc) is 2.44. The Morgan fingerprint density at radius 1 is 1.09 bits per heavy atom. The SMILES string of the molecule is O=C(NC[C@@H](O)c1ccccc1F)Nc1cc(F)cc(F)c1. The summed E-state index contributed by atoms with van der Waals surface area (Å²) in [5.74, 6) is -2.26. The van der Waals surface area contributed by atoms with Crippen LogP contribution in [0.4, 0.5) is 23.7 Å². The van der Waals surface area contributed by atoms with Crippen LogP contribution in [0.25, 0.3) is 0 Å². The van der Waals surface area contributed by atoms with Crippen molar-refractivity contribution in [2.24, 2.45) is 0 Å². The smallest absolute Gasteiger partial charge is 0.319 e. The molecule has 0 aliphatic carbocycles. The van der Waals surface area contributed by atoms with Gasteiger partial charge in [0.2, 0.25) is 0 Å². The van der Waals surface area contributed by atoms with Gasteiger partial charge in [0.25, 0.3) is 0 Å². The molecule has 2 rings (SSSR count). The van der Waals surface area contributed by atoms with Crippen LogP contribution in [-0.4, -0.2) is 17.7 Å². The van der Waals surface area contributed by atoms with E-state index >= 15 is 0 Å². The van der Waals surface area contributed by atoms with E-state index in [-0.39, 0.29) is 17.8 Å². The van der Waals surface area contributed by atoms with Crippen LogP contribution < -0.4 is 10.6 Å². The molecule has 0 aliphatic rings. The normalized spacial score (nSPS) is 11.8. The molecule has 0 spiro atoms. The summed E-state index contributed by atoms with van der Waals surface area (Å²) in [4.78, 5) is 11.6. The molecule has 1 atom stereocenters. The zero-order valence-electron chi connectivity index (χ0n) is 11.3. The molecule has 22 heavy (non-hydrogen) atoms. The van der Waals surface area contributed by atoms with Gasteiger partial charge in [-0.1, -0.05) is 18.2 Å². The topological polar surface area (TPSA) is 61.4 Å². The number of carbonyl (C=O) groups excluding carboxylic acids is 1. The molecule has 0 saturated heterocycles. The lowest BCUT2D eigenvalue weighted by Gasteiger charge is -2.13. The highest BCUT2D eigenvalue weighted by atomic mass is 19.1. The minimum Gasteiger partial charge on any atom is -0.386 e. The fourth-order valence-corrected chi connectivity index (χ4v) is 1.85. The molecule has 116 valence electrons. The first-order valence-electron chi connectivity index (χ1n) is 6.39. The molecule has 2 amide bonds. The van der Waals surface area contributed by atoms with Crippen molar-refractivity contribution in [3.8, 4) is 0 Å². The van der Waals surface area contributed by atoms with Crippen molar-refractivity contribution < 1.29 is 23.1 Å². The minimum absolute atomic E-state index is 0.0413. The van der Waals surface area contributed by atoms with Crippen molar-refractivity contribution >= 4 is 11.7 Å². The zero-order chi connectivity index (χ0) is 16.1. The predicted octanol–water partition coefficient (Wildman–Crippen LogP) is 2.96. The molecule has 0 unspecified atom stereocenters. The molecule has 0 bridgehead atoms. The van der Waals surface area contributed by atoms with Crippen molar-refractivity contribution in [1.82, 2.24) is 5.32 Å². The predicted molar refractivity (Wildman–Crippen MR) is 74.7 cm³/mol. The lowest BCUT2D eigenvalue weighted by Crippen LogP contribution is -2.32. The van der Waals surface area contributed by atoms with Gasteiger partial charge in [-0.15, -0.1) is 0 Å². The van der Waals surface area contributed by atoms with Gasteiger partial charge in [0.05, 0.1) is 6.10 Å². The van der Waals surface area contributed by atoms with Crippen molar-refractivity contribution in [1.29, 1.82) is 0 Å². The van der Waals surface area contributed by atoms with Gasteiger partial charge in [-0.05, 0) is 18.2 Å². The largest absolute Gasteiger partial charge is 0.386 e. The Bertz CT molecular complexity index is 659. The van der Waals surface area contributed by atoms with Gasteiger partial charge in [-0.25, -0.2) is 18.0 Å². The van der Waals surface area contributed by atoms with Gasteiger partial charge in [0.1, 0.15) is 17.5 Å². The molecule has 2 aromatic rings. The Morgan fingerprint density at radius 3 is 2.36 bits per heavy atom. The monoisotopic (exact) mass is 310 g/mol. The first-order valence-corrected chi connectivity index (χ1v) is 6.39. The molecule has 0 radical (unpaired) electrons. The quantitative estimate of drug-likeness (QED) is 0.813. The first kappa shape index (κ1) is 15.8. The van der Waals surface area contributed by atoms with Crippen LogP contribution in [0.15, 0.2) is 42.5 Å². The molecule has 4 nitrogen and oxygen atoms in total. The molecule has 7 heteroatoms. The summed E-state index contributed by atoms with van der Waals surface area (Å²) in [5.41, 5.74) is -0.0324. The number of nitrogens with one attached hydrogen (secondary N) is 2. The number of rotatable bonds is 4. The number of aliphatic hydroxyl groups excluding tert-OH is 1. The van der Waals surface area contributed by atoms with E-state index in [9.17, 15) is 23.1 Å². The van der Waals surface area contributed by atoms with Gasteiger partial charge >= 0.3 is 6.03 Å². The maximum Gasteiger partial charge on any atom is 0.319 e. The number of hydrogen-bond donors (Lipinski definition) is 3. The number of aliphatic hydroxyl groups is 1. The molecule has 0 aliphatic heterocycles. The summed E-state index contributed by atoms with van der Waals surface area (Å²) >= 11 is 0. The Morgan fingerprint density at radius 2 is 1.73 bits per heavy atom. The molecular formula is C15H13F3N2O2. The molecule has 0 aromatic heterocycles. The van der Waals surface area contributed by atoms with Crippen LogP contribution in [0.3, 0.4) is 0 Å². The minimum atomic E-state index is -1.24. The number of hydrogen-bond acceptors (Lipinski definition) is 2. The van der Waals surface area contributed by atoms with Crippen LogP contribution in [0.5, 0.6) is 0 Å². The van der Waals surface area contributed by atoms with E-state index in [1.54, 1.807) is 6.07 Å². The average molecular weight is 310 g/mol. The maximum absolute atomic E-state index is 13.4. The van der Waals surface area contributed by atoms with Gasteiger partial charge in [0, 0.05) is 23.9 Å². The Kier molecular flexibility index (Phi) is 5.00. The van der Waals surface area contributed by atoms with Gasteiger partial charge < -0.3 is 15.7 Å². The highest BCUT2D eigenvalue weighted by Gasteiger charge is 2.13. The van der Waals surface area contributed by atoms with Crippen LogP contribution in [-0.2, 0) is 0 Å². The van der Waals surface area contributed by atoms with E-state index < -0.39 is 29.6 Å².